The van der Waals surface area contributed by atoms with Crippen molar-refractivity contribution in [2.45, 2.75) is 58.9 Å². The summed E-state index contributed by atoms with van der Waals surface area (Å²) in [5.41, 5.74) is 18.4. The van der Waals surface area contributed by atoms with Crippen LogP contribution in [0.25, 0.3) is 0 Å². The number of nitrogens with zero attached hydrogens (tertiary/aromatic N) is 1. The predicted molar refractivity (Wildman–Crippen MR) is 137 cm³/mol. The minimum atomic E-state index is -0.487. The van der Waals surface area contributed by atoms with E-state index >= 15 is 0 Å². The molecule has 0 aliphatic heterocycles. The number of likely N-dealkylation sites (N-methyl/N-ethyl adjacent to an activating group) is 1. The lowest BCUT2D eigenvalue weighted by molar-refractivity contribution is -0.121. The molecule has 2 rings (SSSR count). The van der Waals surface area contributed by atoms with Crippen LogP contribution in [0.15, 0.2) is 71.7 Å². The van der Waals surface area contributed by atoms with Crippen LogP contribution in [-0.4, -0.2) is 30.3 Å². The molecule has 32 heavy (non-hydrogen) atoms. The molecule has 0 amide bonds. The predicted octanol–water partition coefficient (Wildman–Crippen LogP) is 5.27. The standard InChI is InChI=1S/C28H43N3O/c1-10-13-26(31(8)9)24-15-21(18(5)27(32)22(24)11-2)16-28(30)17(4)14-23(20(7)29)19(6)25(28)12-3/h10,13-14,17-18,21,25H,1,6-7,11-12,15-16,29-30H2,2-5,8-9H3/b26-13+. The highest BCUT2D eigenvalue weighted by molar-refractivity contribution is 5.99. The minimum Gasteiger partial charge on any atom is -0.399 e. The molecule has 0 saturated heterocycles. The second kappa shape index (κ2) is 10.1. The van der Waals surface area contributed by atoms with Gasteiger partial charge in [-0.1, -0.05) is 59.6 Å². The summed E-state index contributed by atoms with van der Waals surface area (Å²) in [6.45, 7) is 20.6. The van der Waals surface area contributed by atoms with Crippen LogP contribution in [0.3, 0.4) is 0 Å². The van der Waals surface area contributed by atoms with Crippen molar-refractivity contribution in [1.82, 2.24) is 4.90 Å². The summed E-state index contributed by atoms with van der Waals surface area (Å²) in [6.07, 6.45) is 9.13. The number of hydrogen-bond acceptors (Lipinski definition) is 4. The van der Waals surface area contributed by atoms with Gasteiger partial charge in [0, 0.05) is 48.4 Å². The quantitative estimate of drug-likeness (QED) is 0.508. The van der Waals surface area contributed by atoms with Gasteiger partial charge in [0.2, 0.25) is 0 Å². The highest BCUT2D eigenvalue weighted by Crippen LogP contribution is 2.48. The van der Waals surface area contributed by atoms with Gasteiger partial charge in [-0.15, -0.1) is 0 Å². The van der Waals surface area contributed by atoms with Crippen molar-refractivity contribution in [1.29, 1.82) is 0 Å². The van der Waals surface area contributed by atoms with Crippen LogP contribution in [0.5, 0.6) is 0 Å². The maximum absolute atomic E-state index is 13.5. The van der Waals surface area contributed by atoms with Crippen LogP contribution in [0.4, 0.5) is 0 Å². The van der Waals surface area contributed by atoms with Gasteiger partial charge in [0.15, 0.2) is 5.78 Å². The molecule has 5 atom stereocenters. The molecule has 0 aromatic carbocycles. The van der Waals surface area contributed by atoms with Crippen LogP contribution in [0.2, 0.25) is 0 Å². The Kier molecular flexibility index (Phi) is 8.17. The van der Waals surface area contributed by atoms with E-state index < -0.39 is 5.54 Å². The van der Waals surface area contributed by atoms with Gasteiger partial charge in [0.05, 0.1) is 0 Å². The molecular weight excluding hydrogens is 394 g/mol. The first kappa shape index (κ1) is 25.9. The molecule has 2 aliphatic rings. The zero-order valence-electron chi connectivity index (χ0n) is 21.0. The Hall–Kier alpha value is -2.33. The van der Waals surface area contributed by atoms with Crippen molar-refractivity contribution in [3.8, 4) is 0 Å². The zero-order chi connectivity index (χ0) is 24.4. The van der Waals surface area contributed by atoms with E-state index in [0.717, 1.165) is 53.7 Å². The van der Waals surface area contributed by atoms with E-state index in [4.69, 9.17) is 11.5 Å². The molecule has 4 N–H and O–H groups in total. The molecule has 4 nitrogen and oxygen atoms in total. The van der Waals surface area contributed by atoms with Gasteiger partial charge < -0.3 is 16.4 Å². The zero-order valence-corrected chi connectivity index (χ0v) is 21.0. The Morgan fingerprint density at radius 3 is 2.41 bits per heavy atom. The number of carbonyl (C=O) groups excluding carboxylic acids is 1. The topological polar surface area (TPSA) is 72.3 Å². The third kappa shape index (κ3) is 4.56. The lowest BCUT2D eigenvalue weighted by Crippen LogP contribution is -2.56. The van der Waals surface area contributed by atoms with Crippen molar-refractivity contribution in [2.75, 3.05) is 14.1 Å². The first-order valence-electron chi connectivity index (χ1n) is 11.9. The Labute approximate surface area is 195 Å². The maximum atomic E-state index is 13.5. The summed E-state index contributed by atoms with van der Waals surface area (Å²) in [5.74, 6) is 0.547. The van der Waals surface area contributed by atoms with Gasteiger partial charge in [0.25, 0.3) is 0 Å². The highest BCUT2D eigenvalue weighted by Gasteiger charge is 2.47. The number of nitrogens with two attached hydrogens (primary N) is 2. The first-order chi connectivity index (χ1) is 14.9. The average molecular weight is 438 g/mol. The molecule has 0 aromatic rings. The molecule has 4 heteroatoms. The molecule has 0 bridgehead atoms. The fraction of sp³-hybridized carbons (Fsp3) is 0.536. The first-order valence-corrected chi connectivity index (χ1v) is 11.9. The van der Waals surface area contributed by atoms with Crippen LogP contribution >= 0.6 is 0 Å². The van der Waals surface area contributed by atoms with Gasteiger partial charge in [-0.05, 0) is 60.3 Å². The smallest absolute Gasteiger partial charge is 0.162 e. The number of carbonyl (C=O) groups is 1. The number of rotatable bonds is 8. The van der Waals surface area contributed by atoms with Gasteiger partial charge >= 0.3 is 0 Å². The van der Waals surface area contributed by atoms with E-state index in [2.05, 4.69) is 58.4 Å². The second-order valence-electron chi connectivity index (χ2n) is 9.81. The summed E-state index contributed by atoms with van der Waals surface area (Å²) >= 11 is 0. The molecule has 2 aliphatic carbocycles. The number of ketones is 1. The molecule has 0 radical (unpaired) electrons. The molecule has 0 fully saturated rings. The minimum absolute atomic E-state index is 0.0610. The van der Waals surface area contributed by atoms with Crippen molar-refractivity contribution < 1.29 is 4.79 Å². The Morgan fingerprint density at radius 2 is 1.94 bits per heavy atom. The maximum Gasteiger partial charge on any atom is 0.162 e. The van der Waals surface area contributed by atoms with Crippen molar-refractivity contribution in [3.05, 3.63) is 71.7 Å². The number of hydrogen-bond donors (Lipinski definition) is 2. The summed E-state index contributed by atoms with van der Waals surface area (Å²) in [4.78, 5) is 15.5. The average Bonchev–Trinajstić information content (AvgIpc) is 2.72. The van der Waals surface area contributed by atoms with Crippen LogP contribution in [-0.2, 0) is 4.79 Å². The van der Waals surface area contributed by atoms with E-state index in [9.17, 15) is 4.79 Å². The van der Waals surface area contributed by atoms with Crippen molar-refractivity contribution in [3.63, 3.8) is 0 Å². The third-order valence-electron chi connectivity index (χ3n) is 7.72. The summed E-state index contributed by atoms with van der Waals surface area (Å²) in [7, 11) is 4.04. The lowest BCUT2D eigenvalue weighted by atomic mass is 9.59. The van der Waals surface area contributed by atoms with E-state index in [-0.39, 0.29) is 29.5 Å². The monoisotopic (exact) mass is 437 g/mol. The summed E-state index contributed by atoms with van der Waals surface area (Å²) in [5, 5.41) is 0. The molecule has 176 valence electrons. The molecule has 0 heterocycles. The van der Waals surface area contributed by atoms with Gasteiger partial charge in [-0.3, -0.25) is 4.79 Å². The number of allylic oxidation sites excluding steroid dienone is 5. The Morgan fingerprint density at radius 1 is 1.31 bits per heavy atom. The van der Waals surface area contributed by atoms with Crippen LogP contribution in [0.1, 0.15) is 53.4 Å². The molecule has 5 unspecified atom stereocenters. The summed E-state index contributed by atoms with van der Waals surface area (Å²) < 4.78 is 0. The lowest BCUT2D eigenvalue weighted by Gasteiger charge is -2.49. The normalized spacial score (nSPS) is 31.5. The molecule has 0 spiro atoms. The van der Waals surface area contributed by atoms with Crippen molar-refractivity contribution in [2.24, 2.45) is 35.1 Å². The van der Waals surface area contributed by atoms with Crippen LogP contribution in [0, 0.1) is 23.7 Å². The van der Waals surface area contributed by atoms with Crippen LogP contribution < -0.4 is 11.5 Å². The number of Topliss-reactive ketones (excluding diaryl/α,β-unsaturated/α-hetero) is 1. The Bertz CT molecular complexity index is 888. The largest absolute Gasteiger partial charge is 0.399 e. The molecule has 0 aromatic heterocycles. The Balaban J connectivity index is 2.52. The van der Waals surface area contributed by atoms with E-state index in [0.29, 0.717) is 5.70 Å². The third-order valence-corrected chi connectivity index (χ3v) is 7.72. The highest BCUT2D eigenvalue weighted by atomic mass is 16.1. The van der Waals surface area contributed by atoms with Gasteiger partial charge in [-0.25, -0.2) is 0 Å². The van der Waals surface area contributed by atoms with Gasteiger partial charge in [-0.2, -0.15) is 0 Å². The fourth-order valence-electron chi connectivity index (χ4n) is 5.79. The van der Waals surface area contributed by atoms with E-state index in [1.54, 1.807) is 6.08 Å². The second-order valence-corrected chi connectivity index (χ2v) is 9.81. The molecule has 0 saturated carbocycles. The van der Waals surface area contributed by atoms with E-state index in [1.807, 2.05) is 20.2 Å². The molecular formula is C28H43N3O. The summed E-state index contributed by atoms with van der Waals surface area (Å²) in [6, 6.07) is 0. The SMILES string of the molecule is C=C/C=C(\C1=C(CC)C(=O)C(C)C(CC2(N)C(C)C=C(C(=C)N)C(=C)C2CC)C1)N(C)C. The van der Waals surface area contributed by atoms with E-state index in [1.165, 1.54) is 0 Å². The van der Waals surface area contributed by atoms with Gasteiger partial charge in [0.1, 0.15) is 0 Å². The fourth-order valence-corrected chi connectivity index (χ4v) is 5.79. The van der Waals surface area contributed by atoms with Crippen molar-refractivity contribution >= 4 is 5.78 Å².